The minimum atomic E-state index is 0.115. The van der Waals surface area contributed by atoms with Crippen LogP contribution in [0.2, 0.25) is 0 Å². The van der Waals surface area contributed by atoms with Gasteiger partial charge in [0.05, 0.1) is 5.92 Å². The van der Waals surface area contributed by atoms with Crippen LogP contribution in [-0.2, 0) is 0 Å². The van der Waals surface area contributed by atoms with Crippen molar-refractivity contribution in [3.05, 3.63) is 11.7 Å². The quantitative estimate of drug-likeness (QED) is 0.488. The van der Waals surface area contributed by atoms with Gasteiger partial charge in [-0.2, -0.15) is 4.98 Å². The third-order valence-corrected chi connectivity index (χ3v) is 2.42. The second-order valence-electron chi connectivity index (χ2n) is 3.50. The van der Waals surface area contributed by atoms with Gasteiger partial charge in [-0.3, -0.25) is 5.41 Å². The summed E-state index contributed by atoms with van der Waals surface area (Å²) >= 11 is 0. The van der Waals surface area contributed by atoms with Gasteiger partial charge in [0.1, 0.15) is 0 Å². The number of nitrogens with two attached hydrogens (primary N) is 1. The van der Waals surface area contributed by atoms with Crippen molar-refractivity contribution in [3.63, 3.8) is 0 Å². The zero-order valence-corrected chi connectivity index (χ0v) is 8.03. The third-order valence-electron chi connectivity index (χ3n) is 2.42. The van der Waals surface area contributed by atoms with Gasteiger partial charge in [0, 0.05) is 13.1 Å². The van der Waals surface area contributed by atoms with Crippen molar-refractivity contribution in [2.75, 3.05) is 13.1 Å². The van der Waals surface area contributed by atoms with Crippen molar-refractivity contribution >= 4 is 5.96 Å². The second-order valence-corrected chi connectivity index (χ2v) is 3.50. The lowest BCUT2D eigenvalue weighted by molar-refractivity contribution is 0.351. The SMILES string of the molecule is Cc1noc([C@@H]2CCN(C(=N)N)C2)n1. The highest BCUT2D eigenvalue weighted by atomic mass is 16.5. The van der Waals surface area contributed by atoms with Crippen molar-refractivity contribution in [1.82, 2.24) is 15.0 Å². The minimum absolute atomic E-state index is 0.115. The fraction of sp³-hybridized carbons (Fsp3) is 0.625. The molecule has 6 heteroatoms. The van der Waals surface area contributed by atoms with E-state index in [9.17, 15) is 0 Å². The molecular formula is C8H13N5O. The summed E-state index contributed by atoms with van der Waals surface area (Å²) < 4.78 is 5.08. The molecule has 0 aliphatic carbocycles. The van der Waals surface area contributed by atoms with E-state index in [0.717, 1.165) is 13.0 Å². The van der Waals surface area contributed by atoms with Gasteiger partial charge in [-0.25, -0.2) is 0 Å². The number of hydrogen-bond acceptors (Lipinski definition) is 4. The molecule has 3 N–H and O–H groups in total. The molecule has 0 spiro atoms. The van der Waals surface area contributed by atoms with Gasteiger partial charge in [-0.05, 0) is 13.3 Å². The summed E-state index contributed by atoms with van der Waals surface area (Å²) in [7, 11) is 0. The Morgan fingerprint density at radius 2 is 2.50 bits per heavy atom. The summed E-state index contributed by atoms with van der Waals surface area (Å²) in [5, 5.41) is 11.0. The standard InChI is InChI=1S/C8H13N5O/c1-5-11-7(14-12-5)6-2-3-13(4-6)8(9)10/h6H,2-4H2,1H3,(H3,9,10)/t6-/m1/s1. The molecule has 1 aliphatic rings. The van der Waals surface area contributed by atoms with E-state index in [1.807, 2.05) is 4.90 Å². The van der Waals surface area contributed by atoms with E-state index in [4.69, 9.17) is 15.7 Å². The number of nitrogens with zero attached hydrogens (tertiary/aromatic N) is 3. The van der Waals surface area contributed by atoms with E-state index >= 15 is 0 Å². The van der Waals surface area contributed by atoms with Crippen LogP contribution in [0.25, 0.3) is 0 Å². The first-order chi connectivity index (χ1) is 6.66. The first-order valence-corrected chi connectivity index (χ1v) is 4.56. The largest absolute Gasteiger partial charge is 0.370 e. The van der Waals surface area contributed by atoms with Crippen LogP contribution < -0.4 is 5.73 Å². The predicted octanol–water partition coefficient (Wildman–Crippen LogP) is 0.0608. The molecule has 1 saturated heterocycles. The molecule has 1 atom stereocenters. The van der Waals surface area contributed by atoms with Crippen molar-refractivity contribution in [1.29, 1.82) is 5.41 Å². The molecule has 1 aromatic rings. The lowest BCUT2D eigenvalue weighted by atomic mass is 10.1. The molecule has 1 fully saturated rings. The number of aryl methyl sites for hydroxylation is 1. The summed E-state index contributed by atoms with van der Waals surface area (Å²) in [6.45, 7) is 3.29. The average Bonchev–Trinajstić information content (AvgIpc) is 2.70. The summed E-state index contributed by atoms with van der Waals surface area (Å²) in [6.07, 6.45) is 0.918. The van der Waals surface area contributed by atoms with Gasteiger partial charge in [0.15, 0.2) is 11.8 Å². The first-order valence-electron chi connectivity index (χ1n) is 4.56. The van der Waals surface area contributed by atoms with E-state index in [0.29, 0.717) is 18.3 Å². The van der Waals surface area contributed by atoms with E-state index in [-0.39, 0.29) is 11.9 Å². The molecule has 0 unspecified atom stereocenters. The monoisotopic (exact) mass is 195 g/mol. The predicted molar refractivity (Wildman–Crippen MR) is 49.9 cm³/mol. The average molecular weight is 195 g/mol. The number of nitrogens with one attached hydrogen (secondary N) is 1. The maximum atomic E-state index is 7.29. The van der Waals surface area contributed by atoms with Crippen LogP contribution in [0.5, 0.6) is 0 Å². The zero-order chi connectivity index (χ0) is 10.1. The van der Waals surface area contributed by atoms with Gasteiger partial charge in [-0.15, -0.1) is 0 Å². The Morgan fingerprint density at radius 1 is 1.71 bits per heavy atom. The first kappa shape index (κ1) is 8.98. The normalized spacial score (nSPS) is 21.5. The Kier molecular flexibility index (Phi) is 2.11. The number of rotatable bonds is 1. The van der Waals surface area contributed by atoms with Gasteiger partial charge in [0.2, 0.25) is 5.89 Å². The highest BCUT2D eigenvalue weighted by Crippen LogP contribution is 2.25. The maximum Gasteiger partial charge on any atom is 0.231 e. The summed E-state index contributed by atoms with van der Waals surface area (Å²) in [5.41, 5.74) is 5.39. The van der Waals surface area contributed by atoms with Crippen LogP contribution in [-0.4, -0.2) is 34.1 Å². The Morgan fingerprint density at radius 3 is 3.00 bits per heavy atom. The van der Waals surface area contributed by atoms with Crippen molar-refractivity contribution in [2.45, 2.75) is 19.3 Å². The molecule has 0 amide bonds. The molecule has 0 saturated carbocycles. The topological polar surface area (TPSA) is 92.0 Å². The molecule has 6 nitrogen and oxygen atoms in total. The van der Waals surface area contributed by atoms with E-state index in [1.165, 1.54) is 0 Å². The zero-order valence-electron chi connectivity index (χ0n) is 8.03. The number of guanidine groups is 1. The fourth-order valence-electron chi connectivity index (χ4n) is 1.66. The van der Waals surface area contributed by atoms with Crippen molar-refractivity contribution in [3.8, 4) is 0 Å². The highest BCUT2D eigenvalue weighted by molar-refractivity contribution is 5.74. The smallest absolute Gasteiger partial charge is 0.231 e. The van der Waals surface area contributed by atoms with E-state index < -0.39 is 0 Å². The molecule has 2 heterocycles. The molecule has 0 aromatic carbocycles. The number of likely N-dealkylation sites (tertiary alicyclic amines) is 1. The van der Waals surface area contributed by atoms with Crippen molar-refractivity contribution < 1.29 is 4.52 Å². The van der Waals surface area contributed by atoms with Gasteiger partial charge in [0.25, 0.3) is 0 Å². The molecule has 1 aromatic heterocycles. The van der Waals surface area contributed by atoms with E-state index in [1.54, 1.807) is 6.92 Å². The Hall–Kier alpha value is -1.59. The second kappa shape index (κ2) is 3.28. The fourth-order valence-corrected chi connectivity index (χ4v) is 1.66. The van der Waals surface area contributed by atoms with Crippen LogP contribution in [0.15, 0.2) is 4.52 Å². The maximum absolute atomic E-state index is 7.29. The Bertz CT molecular complexity index is 347. The van der Waals surface area contributed by atoms with Crippen LogP contribution in [0.1, 0.15) is 24.1 Å². The third kappa shape index (κ3) is 1.55. The highest BCUT2D eigenvalue weighted by Gasteiger charge is 2.28. The lowest BCUT2D eigenvalue weighted by Gasteiger charge is -2.14. The molecule has 14 heavy (non-hydrogen) atoms. The Balaban J connectivity index is 2.05. The molecular weight excluding hydrogens is 182 g/mol. The van der Waals surface area contributed by atoms with Crippen LogP contribution in [0.3, 0.4) is 0 Å². The molecule has 0 radical (unpaired) electrons. The number of hydrogen-bond donors (Lipinski definition) is 2. The van der Waals surface area contributed by atoms with Gasteiger partial charge < -0.3 is 15.2 Å². The summed E-state index contributed by atoms with van der Waals surface area (Å²) in [6, 6.07) is 0. The summed E-state index contributed by atoms with van der Waals surface area (Å²) in [4.78, 5) is 5.98. The van der Waals surface area contributed by atoms with Crippen LogP contribution in [0, 0.1) is 12.3 Å². The van der Waals surface area contributed by atoms with Crippen LogP contribution >= 0.6 is 0 Å². The lowest BCUT2D eigenvalue weighted by Crippen LogP contribution is -2.34. The van der Waals surface area contributed by atoms with Gasteiger partial charge in [-0.1, -0.05) is 5.16 Å². The van der Waals surface area contributed by atoms with Gasteiger partial charge >= 0.3 is 0 Å². The van der Waals surface area contributed by atoms with Crippen LogP contribution in [0.4, 0.5) is 0 Å². The molecule has 1 aliphatic heterocycles. The molecule has 0 bridgehead atoms. The summed E-state index contributed by atoms with van der Waals surface area (Å²) in [5.74, 6) is 1.65. The molecule has 76 valence electrons. The minimum Gasteiger partial charge on any atom is -0.370 e. The molecule has 2 rings (SSSR count). The van der Waals surface area contributed by atoms with E-state index in [2.05, 4.69) is 10.1 Å². The van der Waals surface area contributed by atoms with Crippen molar-refractivity contribution in [2.24, 2.45) is 5.73 Å². The Labute approximate surface area is 81.6 Å². The number of aromatic nitrogens is 2.